The van der Waals surface area contributed by atoms with E-state index < -0.39 is 0 Å². The van der Waals surface area contributed by atoms with E-state index in [9.17, 15) is 0 Å². The van der Waals surface area contributed by atoms with Crippen molar-refractivity contribution in [2.45, 2.75) is 0 Å². The summed E-state index contributed by atoms with van der Waals surface area (Å²) in [6.45, 7) is 0. The number of rotatable bonds is 2. The lowest BCUT2D eigenvalue weighted by atomic mass is 9.98. The van der Waals surface area contributed by atoms with Crippen LogP contribution in [-0.2, 0) is 0 Å². The molecule has 0 aliphatic heterocycles. The Morgan fingerprint density at radius 1 is 0.394 bits per heavy atom. The molecule has 0 saturated heterocycles. The molecule has 0 spiro atoms. The van der Waals surface area contributed by atoms with Gasteiger partial charge in [-0.1, -0.05) is 97.1 Å². The standard InChI is InChI=1S/C32H21N/c1-2-8-22(9-3-1)25-15-18-28-26(20-25)16-19-31-32(28)29-12-6-7-13-30(29)33(31)27-17-14-23-10-4-5-11-24(23)21-27/h1-21H. The topological polar surface area (TPSA) is 4.93 Å². The number of para-hydroxylation sites is 1. The van der Waals surface area contributed by atoms with Crippen molar-refractivity contribution >= 4 is 43.4 Å². The van der Waals surface area contributed by atoms with Crippen LogP contribution in [0, 0.1) is 0 Å². The van der Waals surface area contributed by atoms with Crippen molar-refractivity contribution < 1.29 is 0 Å². The van der Waals surface area contributed by atoms with Crippen LogP contribution in [0.4, 0.5) is 0 Å². The Morgan fingerprint density at radius 3 is 2.06 bits per heavy atom. The fraction of sp³-hybridized carbons (Fsp3) is 0. The number of nitrogens with zero attached hydrogens (tertiary/aromatic N) is 1. The summed E-state index contributed by atoms with van der Waals surface area (Å²) in [4.78, 5) is 0. The molecule has 33 heavy (non-hydrogen) atoms. The molecule has 0 fully saturated rings. The highest BCUT2D eigenvalue weighted by Crippen LogP contribution is 2.38. The highest BCUT2D eigenvalue weighted by molar-refractivity contribution is 6.21. The number of hydrogen-bond acceptors (Lipinski definition) is 0. The van der Waals surface area contributed by atoms with Crippen LogP contribution in [0.15, 0.2) is 127 Å². The van der Waals surface area contributed by atoms with E-state index in [2.05, 4.69) is 132 Å². The number of benzene rings is 6. The molecular weight excluding hydrogens is 398 g/mol. The van der Waals surface area contributed by atoms with Crippen LogP contribution in [0.3, 0.4) is 0 Å². The molecule has 0 aliphatic carbocycles. The normalized spacial score (nSPS) is 11.6. The maximum absolute atomic E-state index is 2.40. The summed E-state index contributed by atoms with van der Waals surface area (Å²) in [6, 6.07) is 46.1. The average Bonchev–Trinajstić information content (AvgIpc) is 3.23. The monoisotopic (exact) mass is 419 g/mol. The molecule has 6 aromatic carbocycles. The molecule has 0 atom stereocenters. The van der Waals surface area contributed by atoms with Crippen LogP contribution in [0.2, 0.25) is 0 Å². The van der Waals surface area contributed by atoms with E-state index in [4.69, 9.17) is 0 Å². The third-order valence-electron chi connectivity index (χ3n) is 6.75. The van der Waals surface area contributed by atoms with E-state index in [1.165, 1.54) is 60.2 Å². The van der Waals surface area contributed by atoms with E-state index in [1.807, 2.05) is 0 Å². The molecule has 1 nitrogen and oxygen atoms in total. The van der Waals surface area contributed by atoms with Gasteiger partial charge in [-0.2, -0.15) is 0 Å². The van der Waals surface area contributed by atoms with E-state index >= 15 is 0 Å². The van der Waals surface area contributed by atoms with Crippen LogP contribution in [-0.4, -0.2) is 4.57 Å². The Labute approximate surface area is 192 Å². The van der Waals surface area contributed by atoms with Crippen molar-refractivity contribution in [1.29, 1.82) is 0 Å². The number of fused-ring (bicyclic) bond motifs is 6. The van der Waals surface area contributed by atoms with Gasteiger partial charge >= 0.3 is 0 Å². The summed E-state index contributed by atoms with van der Waals surface area (Å²) >= 11 is 0. The quantitative estimate of drug-likeness (QED) is 0.264. The summed E-state index contributed by atoms with van der Waals surface area (Å²) < 4.78 is 2.40. The third-order valence-corrected chi connectivity index (χ3v) is 6.75. The first-order valence-electron chi connectivity index (χ1n) is 11.4. The molecule has 1 heterocycles. The van der Waals surface area contributed by atoms with Gasteiger partial charge in [0.05, 0.1) is 11.0 Å². The molecular formula is C32H21N. The van der Waals surface area contributed by atoms with Crippen molar-refractivity contribution in [2.75, 3.05) is 0 Å². The smallest absolute Gasteiger partial charge is 0.0547 e. The summed E-state index contributed by atoms with van der Waals surface area (Å²) in [6.07, 6.45) is 0. The SMILES string of the molecule is c1ccc(-c2ccc3c(ccc4c3c3ccccc3n4-c3ccc4ccccc4c3)c2)cc1. The highest BCUT2D eigenvalue weighted by Gasteiger charge is 2.15. The molecule has 1 heteroatoms. The van der Waals surface area contributed by atoms with Crippen LogP contribution in [0.25, 0.3) is 60.2 Å². The maximum Gasteiger partial charge on any atom is 0.0547 e. The van der Waals surface area contributed by atoms with Gasteiger partial charge in [0, 0.05) is 16.5 Å². The lowest BCUT2D eigenvalue weighted by molar-refractivity contribution is 1.19. The minimum absolute atomic E-state index is 1.19. The molecule has 0 N–H and O–H groups in total. The van der Waals surface area contributed by atoms with Gasteiger partial charge in [0.2, 0.25) is 0 Å². The molecule has 154 valence electrons. The lowest BCUT2D eigenvalue weighted by Gasteiger charge is -2.10. The lowest BCUT2D eigenvalue weighted by Crippen LogP contribution is -1.93. The first-order valence-corrected chi connectivity index (χ1v) is 11.4. The predicted molar refractivity (Wildman–Crippen MR) is 141 cm³/mol. The van der Waals surface area contributed by atoms with Crippen molar-refractivity contribution in [3.8, 4) is 16.8 Å². The zero-order valence-electron chi connectivity index (χ0n) is 18.1. The minimum atomic E-state index is 1.19. The molecule has 1 aromatic heterocycles. The van der Waals surface area contributed by atoms with Crippen molar-refractivity contribution in [2.24, 2.45) is 0 Å². The summed E-state index contributed by atoms with van der Waals surface area (Å²) in [5.74, 6) is 0. The third kappa shape index (κ3) is 2.79. The second-order valence-corrected chi connectivity index (χ2v) is 8.65. The van der Waals surface area contributed by atoms with Crippen LogP contribution in [0.1, 0.15) is 0 Å². The molecule has 0 radical (unpaired) electrons. The Morgan fingerprint density at radius 2 is 1.15 bits per heavy atom. The fourth-order valence-electron chi connectivity index (χ4n) is 5.20. The molecule has 0 aliphatic rings. The van der Waals surface area contributed by atoms with Gasteiger partial charge in [0.1, 0.15) is 0 Å². The van der Waals surface area contributed by atoms with E-state index in [0.29, 0.717) is 0 Å². The predicted octanol–water partition coefficient (Wildman–Crippen LogP) is 8.76. The first kappa shape index (κ1) is 18.2. The Hall–Kier alpha value is -4.36. The summed E-state index contributed by atoms with van der Waals surface area (Å²) in [5, 5.41) is 7.69. The second kappa shape index (κ2) is 7.08. The highest BCUT2D eigenvalue weighted by atomic mass is 15.0. The van der Waals surface area contributed by atoms with Gasteiger partial charge in [0.15, 0.2) is 0 Å². The minimum Gasteiger partial charge on any atom is -0.309 e. The first-order chi connectivity index (χ1) is 16.4. The van der Waals surface area contributed by atoms with Crippen LogP contribution in [0.5, 0.6) is 0 Å². The molecule has 0 bridgehead atoms. The molecule has 0 amide bonds. The zero-order valence-corrected chi connectivity index (χ0v) is 18.1. The van der Waals surface area contributed by atoms with Gasteiger partial charge in [-0.05, 0) is 63.0 Å². The van der Waals surface area contributed by atoms with E-state index in [1.54, 1.807) is 0 Å². The molecule has 0 saturated carbocycles. The Bertz CT molecular complexity index is 1810. The molecule has 0 unspecified atom stereocenters. The Kier molecular flexibility index (Phi) is 3.91. The van der Waals surface area contributed by atoms with E-state index in [-0.39, 0.29) is 0 Å². The Balaban J connectivity index is 1.54. The van der Waals surface area contributed by atoms with Crippen molar-refractivity contribution in [3.05, 3.63) is 127 Å². The molecule has 7 rings (SSSR count). The fourth-order valence-corrected chi connectivity index (χ4v) is 5.20. The number of hydrogen-bond donors (Lipinski definition) is 0. The maximum atomic E-state index is 2.40. The van der Waals surface area contributed by atoms with Crippen molar-refractivity contribution in [1.82, 2.24) is 4.57 Å². The largest absolute Gasteiger partial charge is 0.309 e. The zero-order chi connectivity index (χ0) is 21.8. The van der Waals surface area contributed by atoms with Crippen LogP contribution >= 0.6 is 0 Å². The number of aromatic nitrogens is 1. The van der Waals surface area contributed by atoms with Gasteiger partial charge in [-0.3, -0.25) is 0 Å². The average molecular weight is 420 g/mol. The van der Waals surface area contributed by atoms with Gasteiger partial charge in [-0.15, -0.1) is 0 Å². The van der Waals surface area contributed by atoms with Gasteiger partial charge in [-0.25, -0.2) is 0 Å². The van der Waals surface area contributed by atoms with Crippen LogP contribution < -0.4 is 0 Å². The summed E-state index contributed by atoms with van der Waals surface area (Å²) in [5.41, 5.74) is 6.17. The summed E-state index contributed by atoms with van der Waals surface area (Å²) in [7, 11) is 0. The second-order valence-electron chi connectivity index (χ2n) is 8.65. The van der Waals surface area contributed by atoms with Gasteiger partial charge in [0.25, 0.3) is 0 Å². The van der Waals surface area contributed by atoms with E-state index in [0.717, 1.165) is 0 Å². The van der Waals surface area contributed by atoms with Crippen molar-refractivity contribution in [3.63, 3.8) is 0 Å². The van der Waals surface area contributed by atoms with Gasteiger partial charge < -0.3 is 4.57 Å². The molecule has 7 aromatic rings.